The molecule has 0 spiro atoms. The van der Waals surface area contributed by atoms with Gasteiger partial charge in [0.05, 0.1) is 18.9 Å². The van der Waals surface area contributed by atoms with Crippen molar-refractivity contribution in [2.45, 2.75) is 26.4 Å². The maximum atomic E-state index is 5.48. The molecule has 2 aromatic rings. The van der Waals surface area contributed by atoms with E-state index < -0.39 is 0 Å². The Hall–Kier alpha value is -1.98. The topological polar surface area (TPSA) is 41.5 Å². The highest BCUT2D eigenvalue weighted by molar-refractivity contribution is 5.49. The number of nitrogens with zero attached hydrogens (tertiary/aromatic N) is 4. The third kappa shape index (κ3) is 3.28. The van der Waals surface area contributed by atoms with Crippen LogP contribution in [0.25, 0.3) is 0 Å². The molecule has 3 heterocycles. The standard InChI is InChI=1S/C19H24N4O/c1-15-2-4-16(5-3-15)12-22-7-6-18-17(13-22)19(21-14-20-18)23-8-10-24-11-9-23/h2-5,14H,6-13H2,1H3. The number of hydrogen-bond donors (Lipinski definition) is 0. The molecule has 2 aliphatic heterocycles. The summed E-state index contributed by atoms with van der Waals surface area (Å²) >= 11 is 0. The second kappa shape index (κ2) is 6.87. The van der Waals surface area contributed by atoms with E-state index >= 15 is 0 Å². The fourth-order valence-corrected chi connectivity index (χ4v) is 3.52. The number of aryl methyl sites for hydroxylation is 1. The molecule has 0 bridgehead atoms. The second-order valence-electron chi connectivity index (χ2n) is 6.67. The van der Waals surface area contributed by atoms with Gasteiger partial charge in [-0.2, -0.15) is 0 Å². The van der Waals surface area contributed by atoms with Crippen molar-refractivity contribution in [3.63, 3.8) is 0 Å². The van der Waals surface area contributed by atoms with E-state index in [-0.39, 0.29) is 0 Å². The number of benzene rings is 1. The molecular weight excluding hydrogens is 300 g/mol. The van der Waals surface area contributed by atoms with Crippen LogP contribution in [-0.2, 0) is 24.2 Å². The molecule has 0 atom stereocenters. The SMILES string of the molecule is Cc1ccc(CN2CCc3ncnc(N4CCOCC4)c3C2)cc1. The van der Waals surface area contributed by atoms with Crippen molar-refractivity contribution in [3.8, 4) is 0 Å². The first kappa shape index (κ1) is 15.5. The van der Waals surface area contributed by atoms with Crippen molar-refractivity contribution in [2.24, 2.45) is 0 Å². The number of ether oxygens (including phenoxy) is 1. The summed E-state index contributed by atoms with van der Waals surface area (Å²) in [6.07, 6.45) is 2.72. The zero-order valence-corrected chi connectivity index (χ0v) is 14.2. The van der Waals surface area contributed by atoms with Crippen molar-refractivity contribution in [1.82, 2.24) is 14.9 Å². The van der Waals surface area contributed by atoms with E-state index in [1.165, 1.54) is 22.4 Å². The summed E-state index contributed by atoms with van der Waals surface area (Å²) in [7, 11) is 0. The Kier molecular flexibility index (Phi) is 4.45. The Morgan fingerprint density at radius 2 is 1.83 bits per heavy atom. The number of fused-ring (bicyclic) bond motifs is 1. The molecule has 1 aromatic heterocycles. The summed E-state index contributed by atoms with van der Waals surface area (Å²) in [4.78, 5) is 14.0. The maximum absolute atomic E-state index is 5.48. The number of anilines is 1. The number of morpholine rings is 1. The van der Waals surface area contributed by atoms with E-state index in [9.17, 15) is 0 Å². The van der Waals surface area contributed by atoms with E-state index in [1.54, 1.807) is 6.33 Å². The lowest BCUT2D eigenvalue weighted by atomic mass is 10.0. The van der Waals surface area contributed by atoms with Gasteiger partial charge in [0.15, 0.2) is 0 Å². The van der Waals surface area contributed by atoms with Gasteiger partial charge in [-0.3, -0.25) is 4.90 Å². The predicted octanol–water partition coefficient (Wildman–Crippen LogP) is 2.18. The highest BCUT2D eigenvalue weighted by Crippen LogP contribution is 2.27. The largest absolute Gasteiger partial charge is 0.378 e. The fourth-order valence-electron chi connectivity index (χ4n) is 3.52. The van der Waals surface area contributed by atoms with Crippen molar-refractivity contribution in [3.05, 3.63) is 53.0 Å². The van der Waals surface area contributed by atoms with Crippen molar-refractivity contribution in [2.75, 3.05) is 37.7 Å². The summed E-state index contributed by atoms with van der Waals surface area (Å²) in [5, 5.41) is 0. The highest BCUT2D eigenvalue weighted by Gasteiger charge is 2.24. The average molecular weight is 324 g/mol. The zero-order chi connectivity index (χ0) is 16.4. The van der Waals surface area contributed by atoms with Crippen LogP contribution < -0.4 is 4.90 Å². The third-order valence-corrected chi connectivity index (χ3v) is 4.90. The fraction of sp³-hybridized carbons (Fsp3) is 0.474. The first-order valence-corrected chi connectivity index (χ1v) is 8.73. The number of hydrogen-bond acceptors (Lipinski definition) is 5. The molecule has 0 N–H and O–H groups in total. The molecule has 2 aliphatic rings. The molecule has 1 fully saturated rings. The molecule has 0 saturated carbocycles. The molecule has 0 radical (unpaired) electrons. The Morgan fingerprint density at radius 1 is 1.04 bits per heavy atom. The lowest BCUT2D eigenvalue weighted by molar-refractivity contribution is 0.122. The Morgan fingerprint density at radius 3 is 2.62 bits per heavy atom. The minimum absolute atomic E-state index is 0.784. The summed E-state index contributed by atoms with van der Waals surface area (Å²) in [5.41, 5.74) is 5.20. The van der Waals surface area contributed by atoms with E-state index in [2.05, 4.69) is 51.0 Å². The van der Waals surface area contributed by atoms with E-state index in [1.807, 2.05) is 0 Å². The first-order valence-electron chi connectivity index (χ1n) is 8.73. The minimum atomic E-state index is 0.784. The Balaban J connectivity index is 1.53. The summed E-state index contributed by atoms with van der Waals surface area (Å²) in [6.45, 7) is 8.50. The molecule has 1 aromatic carbocycles. The molecule has 0 unspecified atom stereocenters. The van der Waals surface area contributed by atoms with Gasteiger partial charge in [0, 0.05) is 44.7 Å². The quantitative estimate of drug-likeness (QED) is 0.866. The third-order valence-electron chi connectivity index (χ3n) is 4.90. The van der Waals surface area contributed by atoms with Gasteiger partial charge in [-0.05, 0) is 12.5 Å². The van der Waals surface area contributed by atoms with Gasteiger partial charge in [0.2, 0.25) is 0 Å². The van der Waals surface area contributed by atoms with Crippen LogP contribution in [0.3, 0.4) is 0 Å². The smallest absolute Gasteiger partial charge is 0.136 e. The summed E-state index contributed by atoms with van der Waals surface area (Å²) < 4.78 is 5.48. The van der Waals surface area contributed by atoms with E-state index in [0.29, 0.717) is 0 Å². The molecule has 0 amide bonds. The van der Waals surface area contributed by atoms with Crippen LogP contribution in [0, 0.1) is 6.92 Å². The number of rotatable bonds is 3. The van der Waals surface area contributed by atoms with Crippen LogP contribution in [0.4, 0.5) is 5.82 Å². The predicted molar refractivity (Wildman–Crippen MR) is 94.1 cm³/mol. The lowest BCUT2D eigenvalue weighted by Gasteiger charge is -2.34. The zero-order valence-electron chi connectivity index (χ0n) is 14.2. The van der Waals surface area contributed by atoms with Crippen LogP contribution in [-0.4, -0.2) is 47.7 Å². The molecule has 5 nitrogen and oxygen atoms in total. The van der Waals surface area contributed by atoms with Crippen LogP contribution in [0.2, 0.25) is 0 Å². The first-order chi connectivity index (χ1) is 11.8. The van der Waals surface area contributed by atoms with E-state index in [0.717, 1.165) is 58.2 Å². The van der Waals surface area contributed by atoms with E-state index in [4.69, 9.17) is 4.74 Å². The van der Waals surface area contributed by atoms with Gasteiger partial charge in [-0.1, -0.05) is 29.8 Å². The van der Waals surface area contributed by atoms with Gasteiger partial charge in [0.25, 0.3) is 0 Å². The van der Waals surface area contributed by atoms with Crippen molar-refractivity contribution >= 4 is 5.82 Å². The normalized spacial score (nSPS) is 18.5. The Labute approximate surface area is 143 Å². The molecular formula is C19H24N4O. The molecule has 0 aliphatic carbocycles. The van der Waals surface area contributed by atoms with Gasteiger partial charge in [-0.15, -0.1) is 0 Å². The number of aromatic nitrogens is 2. The van der Waals surface area contributed by atoms with Crippen LogP contribution in [0.1, 0.15) is 22.4 Å². The molecule has 5 heteroatoms. The molecule has 126 valence electrons. The average Bonchev–Trinajstić information content (AvgIpc) is 2.64. The Bertz CT molecular complexity index is 695. The monoisotopic (exact) mass is 324 g/mol. The van der Waals surface area contributed by atoms with Gasteiger partial charge in [-0.25, -0.2) is 9.97 Å². The second-order valence-corrected chi connectivity index (χ2v) is 6.67. The maximum Gasteiger partial charge on any atom is 0.136 e. The molecule has 1 saturated heterocycles. The molecule has 4 rings (SSSR count). The van der Waals surface area contributed by atoms with Crippen molar-refractivity contribution in [1.29, 1.82) is 0 Å². The highest BCUT2D eigenvalue weighted by atomic mass is 16.5. The summed E-state index contributed by atoms with van der Waals surface area (Å²) in [6, 6.07) is 8.84. The van der Waals surface area contributed by atoms with Gasteiger partial charge < -0.3 is 9.64 Å². The van der Waals surface area contributed by atoms with Gasteiger partial charge >= 0.3 is 0 Å². The molecule has 24 heavy (non-hydrogen) atoms. The van der Waals surface area contributed by atoms with Crippen LogP contribution >= 0.6 is 0 Å². The van der Waals surface area contributed by atoms with Gasteiger partial charge in [0.1, 0.15) is 12.1 Å². The van der Waals surface area contributed by atoms with Crippen LogP contribution in [0.5, 0.6) is 0 Å². The minimum Gasteiger partial charge on any atom is -0.378 e. The van der Waals surface area contributed by atoms with Crippen LogP contribution in [0.15, 0.2) is 30.6 Å². The van der Waals surface area contributed by atoms with Crippen molar-refractivity contribution < 1.29 is 4.74 Å². The lowest BCUT2D eigenvalue weighted by Crippen LogP contribution is -2.39. The summed E-state index contributed by atoms with van der Waals surface area (Å²) in [5.74, 6) is 1.11.